The molecule has 0 heterocycles. The summed E-state index contributed by atoms with van der Waals surface area (Å²) < 4.78 is 16.2. The van der Waals surface area contributed by atoms with Gasteiger partial charge in [0, 0.05) is 6.21 Å². The summed E-state index contributed by atoms with van der Waals surface area (Å²) in [5, 5.41) is 0. The molecule has 0 aliphatic carbocycles. The largest absolute Gasteiger partial charge is 0.497 e. The highest BCUT2D eigenvalue weighted by Crippen LogP contribution is 2.28. The van der Waals surface area contributed by atoms with Crippen LogP contribution in [0.1, 0.15) is 12.5 Å². The summed E-state index contributed by atoms with van der Waals surface area (Å²) in [5.41, 5.74) is 1.76. The number of hydrogen-bond acceptors (Lipinski definition) is 4. The lowest BCUT2D eigenvalue weighted by Gasteiger charge is -2.10. The van der Waals surface area contributed by atoms with E-state index in [2.05, 4.69) is 10.9 Å². The first-order valence-electron chi connectivity index (χ1n) is 7.28. The molecule has 2 rings (SSSR count). The summed E-state index contributed by atoms with van der Waals surface area (Å²) in [6.45, 7) is 2.67. The number of benzene rings is 2. The van der Waals surface area contributed by atoms with E-state index in [9.17, 15) is 0 Å². The van der Waals surface area contributed by atoms with Crippen LogP contribution in [0.15, 0.2) is 47.5 Å². The van der Waals surface area contributed by atoms with E-state index in [0.29, 0.717) is 18.1 Å². The molecule has 2 aromatic rings. The topological polar surface area (TPSA) is 40.0 Å². The molecule has 0 spiro atoms. The van der Waals surface area contributed by atoms with Crippen molar-refractivity contribution in [2.45, 2.75) is 6.92 Å². The van der Waals surface area contributed by atoms with Gasteiger partial charge >= 0.3 is 0 Å². The molecule has 0 N–H and O–H groups in total. The molecule has 0 bridgehead atoms. The SMILES string of the molecule is C#CCOc1ccc(C=Nc2ccc(OC)cc2)cc1OCC. The molecule has 0 atom stereocenters. The van der Waals surface area contributed by atoms with E-state index in [1.54, 1.807) is 13.3 Å². The van der Waals surface area contributed by atoms with Crippen molar-refractivity contribution in [1.29, 1.82) is 0 Å². The van der Waals surface area contributed by atoms with Gasteiger partial charge in [-0.25, -0.2) is 0 Å². The minimum absolute atomic E-state index is 0.208. The highest BCUT2D eigenvalue weighted by molar-refractivity contribution is 5.83. The fourth-order valence-electron chi connectivity index (χ4n) is 1.93. The molecule has 0 unspecified atom stereocenters. The molecule has 0 amide bonds. The Morgan fingerprint density at radius 2 is 1.87 bits per heavy atom. The molecule has 4 heteroatoms. The average molecular weight is 309 g/mol. The Hall–Kier alpha value is -2.93. The summed E-state index contributed by atoms with van der Waals surface area (Å²) >= 11 is 0. The maximum Gasteiger partial charge on any atom is 0.162 e. The number of methoxy groups -OCH3 is 1. The van der Waals surface area contributed by atoms with Gasteiger partial charge in [0.05, 0.1) is 19.4 Å². The molecule has 0 saturated heterocycles. The summed E-state index contributed by atoms with van der Waals surface area (Å²) in [6, 6.07) is 13.1. The van der Waals surface area contributed by atoms with Gasteiger partial charge in [0.2, 0.25) is 0 Å². The monoisotopic (exact) mass is 309 g/mol. The van der Waals surface area contributed by atoms with E-state index in [-0.39, 0.29) is 6.61 Å². The van der Waals surface area contributed by atoms with E-state index >= 15 is 0 Å². The van der Waals surface area contributed by atoms with Crippen molar-refractivity contribution in [3.8, 4) is 29.6 Å². The lowest BCUT2D eigenvalue weighted by atomic mass is 10.2. The highest BCUT2D eigenvalue weighted by atomic mass is 16.5. The summed E-state index contributed by atoms with van der Waals surface area (Å²) in [5.74, 6) is 4.53. The van der Waals surface area contributed by atoms with Gasteiger partial charge in [-0.3, -0.25) is 4.99 Å². The van der Waals surface area contributed by atoms with Gasteiger partial charge in [0.25, 0.3) is 0 Å². The Bertz CT molecular complexity index is 700. The van der Waals surface area contributed by atoms with Crippen LogP contribution in [-0.2, 0) is 0 Å². The number of ether oxygens (including phenoxy) is 3. The lowest BCUT2D eigenvalue weighted by molar-refractivity contribution is 0.299. The first-order chi connectivity index (χ1) is 11.3. The maximum absolute atomic E-state index is 5.59. The molecule has 0 radical (unpaired) electrons. The third-order valence-corrected chi connectivity index (χ3v) is 3.01. The van der Waals surface area contributed by atoms with Crippen molar-refractivity contribution < 1.29 is 14.2 Å². The third-order valence-electron chi connectivity index (χ3n) is 3.01. The quantitative estimate of drug-likeness (QED) is 0.576. The fourth-order valence-corrected chi connectivity index (χ4v) is 1.93. The third kappa shape index (κ3) is 4.79. The van der Waals surface area contributed by atoms with Gasteiger partial charge in [-0.05, 0) is 55.0 Å². The summed E-state index contributed by atoms with van der Waals surface area (Å²) in [6.07, 6.45) is 6.99. The summed E-state index contributed by atoms with van der Waals surface area (Å²) in [4.78, 5) is 4.44. The standard InChI is InChI=1S/C19H19NO3/c1-4-12-23-18-11-6-15(13-19(18)22-5-2)14-20-16-7-9-17(21-3)10-8-16/h1,6-11,13-14H,5,12H2,2-3H3. The normalized spacial score (nSPS) is 10.3. The lowest BCUT2D eigenvalue weighted by Crippen LogP contribution is -1.99. The van der Waals surface area contributed by atoms with Crippen LogP contribution in [0.3, 0.4) is 0 Å². The van der Waals surface area contributed by atoms with E-state index in [0.717, 1.165) is 17.0 Å². The molecule has 0 saturated carbocycles. The molecule has 2 aromatic carbocycles. The predicted octanol–water partition coefficient (Wildman–Crippen LogP) is 3.86. The smallest absolute Gasteiger partial charge is 0.162 e. The molecule has 0 fully saturated rings. The highest BCUT2D eigenvalue weighted by Gasteiger charge is 2.05. The zero-order chi connectivity index (χ0) is 16.5. The Balaban J connectivity index is 2.16. The second-order valence-electron chi connectivity index (χ2n) is 4.59. The molecule has 0 aliphatic heterocycles. The minimum Gasteiger partial charge on any atom is -0.497 e. The Morgan fingerprint density at radius 1 is 1.09 bits per heavy atom. The van der Waals surface area contributed by atoms with Crippen LogP contribution in [0.5, 0.6) is 17.2 Å². The molecule has 4 nitrogen and oxygen atoms in total. The number of hydrogen-bond donors (Lipinski definition) is 0. The van der Waals surface area contributed by atoms with Gasteiger partial charge < -0.3 is 14.2 Å². The van der Waals surface area contributed by atoms with Crippen molar-refractivity contribution in [2.24, 2.45) is 4.99 Å². The van der Waals surface area contributed by atoms with Gasteiger partial charge in [-0.15, -0.1) is 6.42 Å². The van der Waals surface area contributed by atoms with E-state index in [4.69, 9.17) is 20.6 Å². The summed E-state index contributed by atoms with van der Waals surface area (Å²) in [7, 11) is 1.64. The Morgan fingerprint density at radius 3 is 2.52 bits per heavy atom. The molecule has 118 valence electrons. The van der Waals surface area contributed by atoms with E-state index in [1.807, 2.05) is 49.4 Å². The van der Waals surface area contributed by atoms with Crippen molar-refractivity contribution in [3.63, 3.8) is 0 Å². The van der Waals surface area contributed by atoms with Gasteiger partial charge in [-0.2, -0.15) is 0 Å². The van der Waals surface area contributed by atoms with Crippen LogP contribution in [0.2, 0.25) is 0 Å². The van der Waals surface area contributed by atoms with Gasteiger partial charge in [0.1, 0.15) is 12.4 Å². The first kappa shape index (κ1) is 16.4. The van der Waals surface area contributed by atoms with E-state index in [1.165, 1.54) is 0 Å². The first-order valence-corrected chi connectivity index (χ1v) is 7.28. The molecule has 0 aliphatic rings. The van der Waals surface area contributed by atoms with Crippen LogP contribution in [0.4, 0.5) is 5.69 Å². The zero-order valence-corrected chi connectivity index (χ0v) is 13.3. The minimum atomic E-state index is 0.208. The van der Waals surface area contributed by atoms with Gasteiger partial charge in [-0.1, -0.05) is 5.92 Å². The maximum atomic E-state index is 5.59. The zero-order valence-electron chi connectivity index (χ0n) is 13.3. The second kappa shape index (κ2) is 8.50. The molecule has 0 aromatic heterocycles. The van der Waals surface area contributed by atoms with Crippen LogP contribution in [0, 0.1) is 12.3 Å². The number of terminal acetylenes is 1. The van der Waals surface area contributed by atoms with Crippen LogP contribution >= 0.6 is 0 Å². The van der Waals surface area contributed by atoms with E-state index < -0.39 is 0 Å². The number of rotatable bonds is 7. The van der Waals surface area contributed by atoms with Crippen LogP contribution in [0.25, 0.3) is 0 Å². The number of aliphatic imine (C=N–C) groups is 1. The van der Waals surface area contributed by atoms with Crippen molar-refractivity contribution in [2.75, 3.05) is 20.3 Å². The fraction of sp³-hybridized carbons (Fsp3) is 0.211. The molecular formula is C19H19NO3. The Labute approximate surface area is 136 Å². The van der Waals surface area contributed by atoms with Crippen molar-refractivity contribution >= 4 is 11.9 Å². The van der Waals surface area contributed by atoms with Crippen molar-refractivity contribution in [1.82, 2.24) is 0 Å². The average Bonchev–Trinajstić information content (AvgIpc) is 2.60. The van der Waals surface area contributed by atoms with Gasteiger partial charge in [0.15, 0.2) is 11.5 Å². The predicted molar refractivity (Wildman–Crippen MR) is 92.2 cm³/mol. The second-order valence-corrected chi connectivity index (χ2v) is 4.59. The number of nitrogens with zero attached hydrogens (tertiary/aromatic N) is 1. The molecular weight excluding hydrogens is 290 g/mol. The van der Waals surface area contributed by atoms with Crippen LogP contribution < -0.4 is 14.2 Å². The Kier molecular flexibility index (Phi) is 6.07. The van der Waals surface area contributed by atoms with Crippen molar-refractivity contribution in [3.05, 3.63) is 48.0 Å². The van der Waals surface area contributed by atoms with Crippen LogP contribution in [-0.4, -0.2) is 26.5 Å². The molecule has 23 heavy (non-hydrogen) atoms.